The molecule has 0 aliphatic heterocycles. The molecule has 1 aromatic heterocycles. The summed E-state index contributed by atoms with van der Waals surface area (Å²) >= 11 is 0. The minimum atomic E-state index is -0.0969. The van der Waals surface area contributed by atoms with Crippen LogP contribution in [0, 0.1) is 12.3 Å². The van der Waals surface area contributed by atoms with Crippen molar-refractivity contribution in [1.82, 2.24) is 9.88 Å². The van der Waals surface area contributed by atoms with Gasteiger partial charge in [0.2, 0.25) is 5.91 Å². The molecule has 20 heavy (non-hydrogen) atoms. The number of rotatable bonds is 6. The standard InChI is InChI=1S/C16H18N2O2/c1-3-9-17-16(19)12-18-10-8-13-14(18)6-5-7-15(13)20-11-4-2/h1,5-8,10H,4,9,11-12H2,2H3,(H,17,19). The fraction of sp³-hybridized carbons (Fsp3) is 0.312. The second-order valence-electron chi connectivity index (χ2n) is 4.46. The quantitative estimate of drug-likeness (QED) is 0.818. The van der Waals surface area contributed by atoms with Gasteiger partial charge in [-0.1, -0.05) is 18.9 Å². The zero-order chi connectivity index (χ0) is 14.4. The van der Waals surface area contributed by atoms with E-state index in [9.17, 15) is 4.79 Å². The molecular formula is C16H18N2O2. The number of hydrogen-bond donors (Lipinski definition) is 1. The largest absolute Gasteiger partial charge is 0.493 e. The molecule has 0 saturated carbocycles. The lowest BCUT2D eigenvalue weighted by molar-refractivity contribution is -0.121. The number of benzene rings is 1. The van der Waals surface area contributed by atoms with Crippen molar-refractivity contribution in [2.75, 3.05) is 13.2 Å². The highest BCUT2D eigenvalue weighted by Gasteiger charge is 2.08. The van der Waals surface area contributed by atoms with Gasteiger partial charge in [0.15, 0.2) is 0 Å². The minimum Gasteiger partial charge on any atom is -0.493 e. The average Bonchev–Trinajstić information content (AvgIpc) is 2.86. The van der Waals surface area contributed by atoms with Gasteiger partial charge in [0.1, 0.15) is 12.3 Å². The van der Waals surface area contributed by atoms with Crippen molar-refractivity contribution in [2.45, 2.75) is 19.9 Å². The first-order chi connectivity index (χ1) is 9.76. The molecule has 0 spiro atoms. The first kappa shape index (κ1) is 14.0. The van der Waals surface area contributed by atoms with E-state index in [0.717, 1.165) is 23.1 Å². The Balaban J connectivity index is 2.20. The molecule has 0 bridgehead atoms. The van der Waals surface area contributed by atoms with Crippen molar-refractivity contribution in [3.05, 3.63) is 30.5 Å². The molecule has 0 fully saturated rings. The van der Waals surface area contributed by atoms with E-state index in [1.165, 1.54) is 0 Å². The normalized spacial score (nSPS) is 10.2. The highest BCUT2D eigenvalue weighted by Crippen LogP contribution is 2.26. The fourth-order valence-corrected chi connectivity index (χ4v) is 2.03. The summed E-state index contributed by atoms with van der Waals surface area (Å²) < 4.78 is 7.60. The number of hydrogen-bond acceptors (Lipinski definition) is 2. The third kappa shape index (κ3) is 3.12. The number of carbonyl (C=O) groups excluding carboxylic acids is 1. The van der Waals surface area contributed by atoms with Gasteiger partial charge in [-0.25, -0.2) is 0 Å². The maximum absolute atomic E-state index is 11.7. The second kappa shape index (κ2) is 6.67. The van der Waals surface area contributed by atoms with Gasteiger partial charge in [-0.3, -0.25) is 4.79 Å². The summed E-state index contributed by atoms with van der Waals surface area (Å²) in [4.78, 5) is 11.7. The molecule has 104 valence electrons. The van der Waals surface area contributed by atoms with Crippen molar-refractivity contribution in [3.63, 3.8) is 0 Å². The SMILES string of the molecule is C#CCNC(=O)Cn1ccc2c(OCCC)cccc21. The summed E-state index contributed by atoms with van der Waals surface area (Å²) in [6.45, 7) is 3.26. The van der Waals surface area contributed by atoms with Gasteiger partial charge in [-0.15, -0.1) is 6.42 Å². The van der Waals surface area contributed by atoms with Gasteiger partial charge >= 0.3 is 0 Å². The molecule has 0 aliphatic rings. The van der Waals surface area contributed by atoms with Crippen LogP contribution in [-0.2, 0) is 11.3 Å². The second-order valence-corrected chi connectivity index (χ2v) is 4.46. The number of nitrogens with zero attached hydrogens (tertiary/aromatic N) is 1. The van der Waals surface area contributed by atoms with Crippen LogP contribution < -0.4 is 10.1 Å². The van der Waals surface area contributed by atoms with E-state index in [1.54, 1.807) is 0 Å². The van der Waals surface area contributed by atoms with E-state index >= 15 is 0 Å². The lowest BCUT2D eigenvalue weighted by atomic mass is 10.2. The Kier molecular flexibility index (Phi) is 4.67. The lowest BCUT2D eigenvalue weighted by Crippen LogP contribution is -2.27. The number of nitrogens with one attached hydrogen (secondary N) is 1. The zero-order valence-electron chi connectivity index (χ0n) is 11.6. The van der Waals surface area contributed by atoms with Crippen LogP contribution in [0.2, 0.25) is 0 Å². The Morgan fingerprint density at radius 1 is 1.45 bits per heavy atom. The van der Waals surface area contributed by atoms with E-state index in [0.29, 0.717) is 6.61 Å². The van der Waals surface area contributed by atoms with E-state index in [1.807, 2.05) is 35.0 Å². The van der Waals surface area contributed by atoms with E-state index in [-0.39, 0.29) is 19.0 Å². The van der Waals surface area contributed by atoms with Gasteiger partial charge in [-0.2, -0.15) is 0 Å². The molecule has 0 radical (unpaired) electrons. The Morgan fingerprint density at radius 2 is 2.30 bits per heavy atom. The summed E-state index contributed by atoms with van der Waals surface area (Å²) in [6, 6.07) is 7.82. The van der Waals surface area contributed by atoms with Gasteiger partial charge in [0.25, 0.3) is 0 Å². The molecule has 0 atom stereocenters. The molecule has 0 aliphatic carbocycles. The summed E-state index contributed by atoms with van der Waals surface area (Å²) in [5.41, 5.74) is 0.981. The van der Waals surface area contributed by atoms with Crippen molar-refractivity contribution < 1.29 is 9.53 Å². The van der Waals surface area contributed by atoms with Crippen molar-refractivity contribution >= 4 is 16.8 Å². The molecule has 4 nitrogen and oxygen atoms in total. The van der Waals surface area contributed by atoms with Gasteiger partial charge in [-0.05, 0) is 24.6 Å². The number of terminal acetylenes is 1. The van der Waals surface area contributed by atoms with E-state index < -0.39 is 0 Å². The number of amides is 1. The van der Waals surface area contributed by atoms with Crippen LogP contribution in [0.25, 0.3) is 10.9 Å². The smallest absolute Gasteiger partial charge is 0.240 e. The number of carbonyl (C=O) groups is 1. The summed E-state index contributed by atoms with van der Waals surface area (Å²) in [6.07, 6.45) is 7.97. The van der Waals surface area contributed by atoms with Gasteiger partial charge in [0.05, 0.1) is 18.7 Å². The van der Waals surface area contributed by atoms with Crippen LogP contribution in [-0.4, -0.2) is 23.6 Å². The van der Waals surface area contributed by atoms with Gasteiger partial charge < -0.3 is 14.6 Å². The molecule has 4 heteroatoms. The molecule has 1 N–H and O–H groups in total. The Labute approximate surface area is 118 Å². The van der Waals surface area contributed by atoms with Crippen LogP contribution in [0.15, 0.2) is 30.5 Å². The van der Waals surface area contributed by atoms with Crippen LogP contribution in [0.4, 0.5) is 0 Å². The zero-order valence-corrected chi connectivity index (χ0v) is 11.6. The van der Waals surface area contributed by atoms with Gasteiger partial charge in [0, 0.05) is 11.6 Å². The maximum Gasteiger partial charge on any atom is 0.240 e. The Hall–Kier alpha value is -2.41. The third-order valence-electron chi connectivity index (χ3n) is 2.94. The lowest BCUT2D eigenvalue weighted by Gasteiger charge is -2.08. The van der Waals surface area contributed by atoms with Crippen molar-refractivity contribution in [3.8, 4) is 18.1 Å². The fourth-order valence-electron chi connectivity index (χ4n) is 2.03. The molecule has 0 saturated heterocycles. The Morgan fingerprint density at radius 3 is 3.05 bits per heavy atom. The molecule has 1 heterocycles. The van der Waals surface area contributed by atoms with Crippen LogP contribution in [0.5, 0.6) is 5.75 Å². The van der Waals surface area contributed by atoms with Crippen LogP contribution >= 0.6 is 0 Å². The Bertz CT molecular complexity index is 637. The first-order valence-electron chi connectivity index (χ1n) is 6.67. The minimum absolute atomic E-state index is 0.0969. The molecule has 0 unspecified atom stereocenters. The molecule has 1 amide bonds. The highest BCUT2D eigenvalue weighted by atomic mass is 16.5. The number of ether oxygens (including phenoxy) is 1. The number of fused-ring (bicyclic) bond motifs is 1. The highest BCUT2D eigenvalue weighted by molar-refractivity contribution is 5.88. The van der Waals surface area contributed by atoms with Crippen LogP contribution in [0.3, 0.4) is 0 Å². The van der Waals surface area contributed by atoms with Crippen molar-refractivity contribution in [2.24, 2.45) is 0 Å². The predicted molar refractivity (Wildman–Crippen MR) is 79.6 cm³/mol. The maximum atomic E-state index is 11.7. The van der Waals surface area contributed by atoms with E-state index in [4.69, 9.17) is 11.2 Å². The third-order valence-corrected chi connectivity index (χ3v) is 2.94. The summed E-state index contributed by atoms with van der Waals surface area (Å²) in [7, 11) is 0. The molecule has 1 aromatic carbocycles. The molecule has 2 rings (SSSR count). The summed E-state index contributed by atoms with van der Waals surface area (Å²) in [5.74, 6) is 3.14. The first-order valence-corrected chi connectivity index (χ1v) is 6.67. The predicted octanol–water partition coefficient (Wildman–Crippen LogP) is 2.18. The topological polar surface area (TPSA) is 43.3 Å². The monoisotopic (exact) mass is 270 g/mol. The van der Waals surface area contributed by atoms with E-state index in [2.05, 4.69) is 18.2 Å². The van der Waals surface area contributed by atoms with Crippen molar-refractivity contribution in [1.29, 1.82) is 0 Å². The summed E-state index contributed by atoms with van der Waals surface area (Å²) in [5, 5.41) is 3.68. The van der Waals surface area contributed by atoms with Crippen LogP contribution in [0.1, 0.15) is 13.3 Å². The average molecular weight is 270 g/mol. The molecular weight excluding hydrogens is 252 g/mol. The number of aromatic nitrogens is 1. The molecule has 2 aromatic rings.